The number of hydrogen-bond donors (Lipinski definition) is 1. The largest absolute Gasteiger partial charge is 0.469 e. The van der Waals surface area contributed by atoms with E-state index in [1.54, 1.807) is 0 Å². The fourth-order valence-electron chi connectivity index (χ4n) is 3.49. The second-order valence-corrected chi connectivity index (χ2v) is 5.71. The van der Waals surface area contributed by atoms with Gasteiger partial charge in [0.2, 0.25) is 0 Å². The Kier molecular flexibility index (Phi) is 2.36. The number of furan rings is 1. The molecule has 1 aliphatic carbocycles. The molecule has 1 N–H and O–H groups in total. The molecule has 3 atom stereocenters. The van der Waals surface area contributed by atoms with Gasteiger partial charge in [-0.1, -0.05) is 13.8 Å². The van der Waals surface area contributed by atoms with Crippen LogP contribution in [0.15, 0.2) is 16.7 Å². The van der Waals surface area contributed by atoms with Gasteiger partial charge >= 0.3 is 0 Å². The molecule has 3 rings (SSSR count). The predicted octanol–water partition coefficient (Wildman–Crippen LogP) is 3.08. The Labute approximate surface area is 97.4 Å². The molecule has 0 aromatic carbocycles. The van der Waals surface area contributed by atoms with Crippen LogP contribution in [0.5, 0.6) is 0 Å². The molecular formula is C14H21NO. The molecule has 3 unspecified atom stereocenters. The summed E-state index contributed by atoms with van der Waals surface area (Å²) in [5.74, 6) is 2.90. The highest BCUT2D eigenvalue weighted by Crippen LogP contribution is 2.45. The summed E-state index contributed by atoms with van der Waals surface area (Å²) in [4.78, 5) is 0. The smallest absolute Gasteiger partial charge is 0.110 e. The Morgan fingerprint density at radius 2 is 2.25 bits per heavy atom. The molecule has 1 saturated carbocycles. The van der Waals surface area contributed by atoms with Crippen molar-refractivity contribution in [2.75, 3.05) is 6.54 Å². The van der Waals surface area contributed by atoms with Gasteiger partial charge in [-0.3, -0.25) is 0 Å². The lowest BCUT2D eigenvalue weighted by molar-refractivity contribution is 0.131. The Hall–Kier alpha value is -0.760. The summed E-state index contributed by atoms with van der Waals surface area (Å²) < 4.78 is 5.61. The molecule has 0 radical (unpaired) electrons. The van der Waals surface area contributed by atoms with E-state index in [0.717, 1.165) is 24.8 Å². The molecule has 2 heteroatoms. The summed E-state index contributed by atoms with van der Waals surface area (Å²) in [6.07, 6.45) is 6.78. The van der Waals surface area contributed by atoms with Gasteiger partial charge in [-0.05, 0) is 37.2 Å². The highest BCUT2D eigenvalue weighted by atomic mass is 16.3. The zero-order valence-corrected chi connectivity index (χ0v) is 10.3. The fraction of sp³-hybridized carbons (Fsp3) is 0.714. The molecule has 2 nitrogen and oxygen atoms in total. The average Bonchev–Trinajstić information content (AvgIpc) is 2.74. The van der Waals surface area contributed by atoms with E-state index in [9.17, 15) is 0 Å². The van der Waals surface area contributed by atoms with Crippen molar-refractivity contribution in [3.8, 4) is 0 Å². The normalized spacial score (nSPS) is 38.6. The summed E-state index contributed by atoms with van der Waals surface area (Å²) in [7, 11) is 0. The summed E-state index contributed by atoms with van der Waals surface area (Å²) in [5.41, 5.74) is 1.67. The first-order valence-electron chi connectivity index (χ1n) is 6.53. The minimum atomic E-state index is 0.229. The Balaban J connectivity index is 1.96. The van der Waals surface area contributed by atoms with E-state index in [1.165, 1.54) is 30.6 Å². The zero-order chi connectivity index (χ0) is 11.2. The van der Waals surface area contributed by atoms with E-state index in [4.69, 9.17) is 4.42 Å². The molecule has 1 fully saturated rings. The third kappa shape index (κ3) is 1.43. The Morgan fingerprint density at radius 1 is 1.38 bits per heavy atom. The molecular weight excluding hydrogens is 198 g/mol. The highest BCUT2D eigenvalue weighted by Gasteiger charge is 2.42. The fourth-order valence-corrected chi connectivity index (χ4v) is 3.49. The highest BCUT2D eigenvalue weighted by molar-refractivity contribution is 5.30. The van der Waals surface area contributed by atoms with Crippen molar-refractivity contribution in [1.82, 2.24) is 5.32 Å². The van der Waals surface area contributed by atoms with E-state index < -0.39 is 0 Å². The van der Waals surface area contributed by atoms with Crippen molar-refractivity contribution in [3.63, 3.8) is 0 Å². The number of hydrogen-bond acceptors (Lipinski definition) is 2. The Morgan fingerprint density at radius 3 is 3.06 bits per heavy atom. The Bertz CT molecular complexity index is 384. The molecule has 1 aromatic rings. The SMILES string of the molecule is CC1CCC2(CC1C)NCCc1occc12. The predicted molar refractivity (Wildman–Crippen MR) is 64.3 cm³/mol. The van der Waals surface area contributed by atoms with Crippen molar-refractivity contribution in [1.29, 1.82) is 0 Å². The lowest BCUT2D eigenvalue weighted by Gasteiger charge is -2.45. The molecule has 1 aliphatic heterocycles. The van der Waals surface area contributed by atoms with E-state index in [-0.39, 0.29) is 5.54 Å². The van der Waals surface area contributed by atoms with Gasteiger partial charge in [0, 0.05) is 24.1 Å². The maximum Gasteiger partial charge on any atom is 0.110 e. The van der Waals surface area contributed by atoms with Crippen LogP contribution in [0.3, 0.4) is 0 Å². The third-order valence-electron chi connectivity index (χ3n) is 4.74. The molecule has 16 heavy (non-hydrogen) atoms. The van der Waals surface area contributed by atoms with Gasteiger partial charge < -0.3 is 9.73 Å². The molecule has 0 saturated heterocycles. The average molecular weight is 219 g/mol. The zero-order valence-electron chi connectivity index (χ0n) is 10.3. The van der Waals surface area contributed by atoms with E-state index >= 15 is 0 Å². The molecule has 88 valence electrons. The number of nitrogens with one attached hydrogen (secondary N) is 1. The summed E-state index contributed by atoms with van der Waals surface area (Å²) >= 11 is 0. The van der Waals surface area contributed by atoms with Crippen LogP contribution in [0, 0.1) is 11.8 Å². The van der Waals surface area contributed by atoms with Crippen molar-refractivity contribution >= 4 is 0 Å². The van der Waals surface area contributed by atoms with E-state index in [2.05, 4.69) is 25.2 Å². The maximum absolute atomic E-state index is 5.61. The van der Waals surface area contributed by atoms with Gasteiger partial charge in [-0.2, -0.15) is 0 Å². The minimum absolute atomic E-state index is 0.229. The quantitative estimate of drug-likeness (QED) is 0.725. The van der Waals surface area contributed by atoms with Crippen LogP contribution < -0.4 is 5.32 Å². The summed E-state index contributed by atoms with van der Waals surface area (Å²) in [6, 6.07) is 2.18. The van der Waals surface area contributed by atoms with Gasteiger partial charge in [0.1, 0.15) is 5.76 Å². The minimum Gasteiger partial charge on any atom is -0.469 e. The lowest BCUT2D eigenvalue weighted by Crippen LogP contribution is -2.50. The van der Waals surface area contributed by atoms with Gasteiger partial charge in [0.05, 0.1) is 6.26 Å². The van der Waals surface area contributed by atoms with E-state index in [1.807, 2.05) is 6.26 Å². The summed E-state index contributed by atoms with van der Waals surface area (Å²) in [6.45, 7) is 5.85. The second kappa shape index (κ2) is 3.63. The molecule has 0 amide bonds. The van der Waals surface area contributed by atoms with Crippen molar-refractivity contribution in [2.45, 2.75) is 45.1 Å². The van der Waals surface area contributed by atoms with Gasteiger partial charge in [-0.25, -0.2) is 0 Å². The standard InChI is InChI=1S/C14H21NO/c1-10-3-6-14(9-11(10)2)12-5-8-16-13(12)4-7-15-14/h5,8,10-11,15H,3-4,6-7,9H2,1-2H3. The molecule has 2 aliphatic rings. The van der Waals surface area contributed by atoms with Crippen molar-refractivity contribution in [2.24, 2.45) is 11.8 Å². The molecule has 2 heterocycles. The number of fused-ring (bicyclic) bond motifs is 2. The van der Waals surface area contributed by atoms with Crippen molar-refractivity contribution < 1.29 is 4.42 Å². The van der Waals surface area contributed by atoms with Crippen LogP contribution in [0.1, 0.15) is 44.4 Å². The van der Waals surface area contributed by atoms with Crippen LogP contribution in [0.2, 0.25) is 0 Å². The maximum atomic E-state index is 5.61. The first-order chi connectivity index (χ1) is 7.71. The van der Waals surface area contributed by atoms with Crippen LogP contribution in [-0.2, 0) is 12.0 Å². The third-order valence-corrected chi connectivity index (χ3v) is 4.74. The first kappa shape index (κ1) is 10.4. The van der Waals surface area contributed by atoms with Crippen LogP contribution in [-0.4, -0.2) is 6.54 Å². The number of rotatable bonds is 0. The second-order valence-electron chi connectivity index (χ2n) is 5.71. The van der Waals surface area contributed by atoms with Crippen molar-refractivity contribution in [3.05, 3.63) is 23.7 Å². The molecule has 1 aromatic heterocycles. The molecule has 0 bridgehead atoms. The lowest BCUT2D eigenvalue weighted by atomic mass is 9.67. The topological polar surface area (TPSA) is 25.2 Å². The van der Waals surface area contributed by atoms with Gasteiger partial charge in [0.25, 0.3) is 0 Å². The van der Waals surface area contributed by atoms with Crippen LogP contribution in [0.4, 0.5) is 0 Å². The van der Waals surface area contributed by atoms with Crippen LogP contribution >= 0.6 is 0 Å². The summed E-state index contributed by atoms with van der Waals surface area (Å²) in [5, 5.41) is 3.77. The van der Waals surface area contributed by atoms with E-state index in [0.29, 0.717) is 0 Å². The monoisotopic (exact) mass is 219 g/mol. The molecule has 1 spiro atoms. The van der Waals surface area contributed by atoms with Crippen LogP contribution in [0.25, 0.3) is 0 Å². The first-order valence-corrected chi connectivity index (χ1v) is 6.53. The van der Waals surface area contributed by atoms with Gasteiger partial charge in [-0.15, -0.1) is 0 Å². The van der Waals surface area contributed by atoms with Gasteiger partial charge in [0.15, 0.2) is 0 Å².